The van der Waals surface area contributed by atoms with Crippen molar-refractivity contribution in [2.45, 2.75) is 37.9 Å². The fourth-order valence-electron chi connectivity index (χ4n) is 2.69. The lowest BCUT2D eigenvalue weighted by Crippen LogP contribution is -2.35. The van der Waals surface area contributed by atoms with Crippen LogP contribution in [-0.2, 0) is 30.3 Å². The van der Waals surface area contributed by atoms with Gasteiger partial charge in [0.25, 0.3) is 0 Å². The molecule has 0 aliphatic carbocycles. The molecule has 0 N–H and O–H groups in total. The highest BCUT2D eigenvalue weighted by Gasteiger charge is 2.50. The van der Waals surface area contributed by atoms with Crippen molar-refractivity contribution in [2.24, 2.45) is 0 Å². The average molecular weight is 304 g/mol. The lowest BCUT2D eigenvalue weighted by atomic mass is 10.1. The van der Waals surface area contributed by atoms with Crippen molar-refractivity contribution in [2.75, 3.05) is 13.2 Å². The van der Waals surface area contributed by atoms with Crippen LogP contribution in [0.1, 0.15) is 12.5 Å². The standard InChI is InChI=1S/C17H20O5/c1-11(2)17(18)22-14-10-21-15-13(9-20-16(14)15)19-8-12-6-4-3-5-7-12/h3-7,13-16H,1,8-10H2,2H3/t13-,14+,15+,16+/m0/s1. The highest BCUT2D eigenvalue weighted by atomic mass is 16.7. The molecule has 2 fully saturated rings. The molecule has 5 heteroatoms. The van der Waals surface area contributed by atoms with Crippen molar-refractivity contribution in [1.82, 2.24) is 0 Å². The molecule has 0 spiro atoms. The monoisotopic (exact) mass is 304 g/mol. The van der Waals surface area contributed by atoms with Crippen molar-refractivity contribution < 1.29 is 23.7 Å². The fraction of sp³-hybridized carbons (Fsp3) is 0.471. The molecular weight excluding hydrogens is 284 g/mol. The molecule has 4 atom stereocenters. The van der Waals surface area contributed by atoms with Crippen LogP contribution in [0.2, 0.25) is 0 Å². The van der Waals surface area contributed by atoms with Crippen LogP contribution >= 0.6 is 0 Å². The molecule has 1 aromatic carbocycles. The second-order valence-electron chi connectivity index (χ2n) is 5.66. The molecule has 22 heavy (non-hydrogen) atoms. The van der Waals surface area contributed by atoms with E-state index >= 15 is 0 Å². The van der Waals surface area contributed by atoms with E-state index in [1.165, 1.54) is 0 Å². The van der Waals surface area contributed by atoms with Crippen LogP contribution in [0.4, 0.5) is 0 Å². The molecule has 0 aromatic heterocycles. The SMILES string of the molecule is C=C(C)C(=O)O[C@@H]1CO[C@H]2[C@@H]1OC[C@@H]2OCc1ccccc1. The Bertz CT molecular complexity index is 541. The summed E-state index contributed by atoms with van der Waals surface area (Å²) in [5.41, 5.74) is 1.48. The van der Waals surface area contributed by atoms with Gasteiger partial charge in [0.1, 0.15) is 18.3 Å². The summed E-state index contributed by atoms with van der Waals surface area (Å²) in [6.45, 7) is 6.49. The first-order valence-electron chi connectivity index (χ1n) is 7.40. The van der Waals surface area contributed by atoms with E-state index in [1.54, 1.807) is 6.92 Å². The summed E-state index contributed by atoms with van der Waals surface area (Å²) in [7, 11) is 0. The van der Waals surface area contributed by atoms with Gasteiger partial charge in [-0.15, -0.1) is 0 Å². The molecule has 2 aliphatic heterocycles. The van der Waals surface area contributed by atoms with Gasteiger partial charge in [0.2, 0.25) is 0 Å². The van der Waals surface area contributed by atoms with Gasteiger partial charge in [-0.05, 0) is 12.5 Å². The highest BCUT2D eigenvalue weighted by Crippen LogP contribution is 2.31. The third-order valence-electron chi connectivity index (χ3n) is 3.88. The van der Waals surface area contributed by atoms with Crippen molar-refractivity contribution in [3.8, 4) is 0 Å². The Morgan fingerprint density at radius 1 is 1.18 bits per heavy atom. The van der Waals surface area contributed by atoms with Gasteiger partial charge >= 0.3 is 5.97 Å². The minimum absolute atomic E-state index is 0.140. The molecule has 0 unspecified atom stereocenters. The molecule has 2 aliphatic rings. The van der Waals surface area contributed by atoms with E-state index in [4.69, 9.17) is 18.9 Å². The Hall–Kier alpha value is -1.69. The van der Waals surface area contributed by atoms with Crippen molar-refractivity contribution in [3.63, 3.8) is 0 Å². The molecule has 3 rings (SSSR count). The van der Waals surface area contributed by atoms with E-state index in [0.717, 1.165) is 5.56 Å². The van der Waals surface area contributed by atoms with Crippen LogP contribution in [0, 0.1) is 0 Å². The van der Waals surface area contributed by atoms with Crippen molar-refractivity contribution >= 4 is 5.97 Å². The van der Waals surface area contributed by atoms with E-state index in [2.05, 4.69) is 6.58 Å². The van der Waals surface area contributed by atoms with Crippen LogP contribution in [0.15, 0.2) is 42.5 Å². The molecule has 1 aromatic rings. The second kappa shape index (κ2) is 6.60. The maximum absolute atomic E-state index is 11.6. The zero-order chi connectivity index (χ0) is 15.5. The molecule has 0 amide bonds. The van der Waals surface area contributed by atoms with Crippen LogP contribution < -0.4 is 0 Å². The predicted octanol–water partition coefficient (Wildman–Crippen LogP) is 1.86. The molecule has 0 saturated carbocycles. The van der Waals surface area contributed by atoms with Crippen LogP contribution in [0.25, 0.3) is 0 Å². The van der Waals surface area contributed by atoms with Gasteiger partial charge in [-0.2, -0.15) is 0 Å². The molecule has 5 nitrogen and oxygen atoms in total. The number of fused-ring (bicyclic) bond motifs is 1. The maximum Gasteiger partial charge on any atom is 0.333 e. The summed E-state index contributed by atoms with van der Waals surface area (Å²) in [6.07, 6.45) is -0.978. The zero-order valence-corrected chi connectivity index (χ0v) is 12.6. The Morgan fingerprint density at radius 3 is 2.50 bits per heavy atom. The lowest BCUT2D eigenvalue weighted by Gasteiger charge is -2.17. The first-order chi connectivity index (χ1) is 10.6. The number of benzene rings is 1. The van der Waals surface area contributed by atoms with Gasteiger partial charge in [-0.25, -0.2) is 4.79 Å². The normalized spacial score (nSPS) is 30.0. The smallest absolute Gasteiger partial charge is 0.333 e. The van der Waals surface area contributed by atoms with Gasteiger partial charge < -0.3 is 18.9 Å². The van der Waals surface area contributed by atoms with E-state index in [1.807, 2.05) is 30.3 Å². The van der Waals surface area contributed by atoms with Gasteiger partial charge in [0, 0.05) is 5.57 Å². The maximum atomic E-state index is 11.6. The van der Waals surface area contributed by atoms with Crippen molar-refractivity contribution in [3.05, 3.63) is 48.0 Å². The summed E-state index contributed by atoms with van der Waals surface area (Å²) >= 11 is 0. The van der Waals surface area contributed by atoms with E-state index in [-0.39, 0.29) is 24.4 Å². The molecule has 2 saturated heterocycles. The quantitative estimate of drug-likeness (QED) is 0.614. The third kappa shape index (κ3) is 3.21. The van der Waals surface area contributed by atoms with Gasteiger partial charge in [0.15, 0.2) is 6.10 Å². The first kappa shape index (κ1) is 15.2. The number of carbonyl (C=O) groups is 1. The minimum Gasteiger partial charge on any atom is -0.454 e. The predicted molar refractivity (Wildman–Crippen MR) is 79.2 cm³/mol. The van der Waals surface area contributed by atoms with Gasteiger partial charge in [-0.1, -0.05) is 36.9 Å². The van der Waals surface area contributed by atoms with Crippen LogP contribution in [-0.4, -0.2) is 43.6 Å². The van der Waals surface area contributed by atoms with Crippen molar-refractivity contribution in [1.29, 1.82) is 0 Å². The number of esters is 1. The van der Waals surface area contributed by atoms with Crippen LogP contribution in [0.5, 0.6) is 0 Å². The molecular formula is C17H20O5. The Morgan fingerprint density at radius 2 is 1.82 bits per heavy atom. The summed E-state index contributed by atoms with van der Waals surface area (Å²) in [5.74, 6) is -0.411. The molecule has 2 heterocycles. The van der Waals surface area contributed by atoms with E-state index < -0.39 is 5.97 Å². The number of hydrogen-bond acceptors (Lipinski definition) is 5. The number of rotatable bonds is 5. The van der Waals surface area contributed by atoms with E-state index in [9.17, 15) is 4.79 Å². The topological polar surface area (TPSA) is 54.0 Å². The molecule has 0 bridgehead atoms. The molecule has 118 valence electrons. The number of hydrogen-bond donors (Lipinski definition) is 0. The average Bonchev–Trinajstić information content (AvgIpc) is 3.09. The summed E-state index contributed by atoms with van der Waals surface area (Å²) in [5, 5.41) is 0. The summed E-state index contributed by atoms with van der Waals surface area (Å²) in [6, 6.07) is 9.96. The second-order valence-corrected chi connectivity index (χ2v) is 5.66. The third-order valence-corrected chi connectivity index (χ3v) is 3.88. The summed E-state index contributed by atoms with van der Waals surface area (Å²) in [4.78, 5) is 11.6. The minimum atomic E-state index is -0.411. The lowest BCUT2D eigenvalue weighted by molar-refractivity contribution is -0.149. The van der Waals surface area contributed by atoms with E-state index in [0.29, 0.717) is 25.4 Å². The fourth-order valence-corrected chi connectivity index (χ4v) is 2.69. The largest absolute Gasteiger partial charge is 0.454 e. The number of carbonyl (C=O) groups excluding carboxylic acids is 1. The van der Waals surface area contributed by atoms with Gasteiger partial charge in [-0.3, -0.25) is 0 Å². The zero-order valence-electron chi connectivity index (χ0n) is 12.6. The molecule has 0 radical (unpaired) electrons. The Labute approximate surface area is 129 Å². The highest BCUT2D eigenvalue weighted by molar-refractivity contribution is 5.87. The first-order valence-corrected chi connectivity index (χ1v) is 7.40. The Kier molecular flexibility index (Phi) is 4.57. The van der Waals surface area contributed by atoms with Gasteiger partial charge in [0.05, 0.1) is 19.8 Å². The summed E-state index contributed by atoms with van der Waals surface area (Å²) < 4.78 is 22.7. The number of ether oxygens (including phenoxy) is 4. The van der Waals surface area contributed by atoms with Crippen LogP contribution in [0.3, 0.4) is 0 Å². The Balaban J connectivity index is 1.54.